The fourth-order valence-corrected chi connectivity index (χ4v) is 3.50. The van der Waals surface area contributed by atoms with Crippen molar-refractivity contribution >= 4 is 27.4 Å². The van der Waals surface area contributed by atoms with Gasteiger partial charge in [-0.2, -0.15) is 0 Å². The maximum Gasteiger partial charge on any atom is 0.346 e. The van der Waals surface area contributed by atoms with Crippen molar-refractivity contribution in [1.29, 1.82) is 0 Å². The maximum absolute atomic E-state index is 14.6. The van der Waals surface area contributed by atoms with Crippen LogP contribution >= 0.6 is 11.3 Å². The number of hydrogen-bond donors (Lipinski definition) is 1. The molecule has 0 radical (unpaired) electrons. The summed E-state index contributed by atoms with van der Waals surface area (Å²) in [6.07, 6.45) is 1.86. The van der Waals surface area contributed by atoms with Crippen molar-refractivity contribution in [3.05, 3.63) is 52.7 Å². The lowest BCUT2D eigenvalue weighted by atomic mass is 10.0. The standard InChI is InChI=1S/C16H11F2NO2S/c1-2-11-14(18)10(5-6-19-11)13-9-4-3-8(17)7-12(9)22-15(13)16(20)21/h3-7H,2H2,1H3,(H,20,21). The minimum absolute atomic E-state index is 0.00671. The van der Waals surface area contributed by atoms with Crippen molar-refractivity contribution in [3.8, 4) is 11.1 Å². The third kappa shape index (κ3) is 2.25. The minimum atomic E-state index is -1.16. The highest BCUT2D eigenvalue weighted by molar-refractivity contribution is 7.21. The van der Waals surface area contributed by atoms with Gasteiger partial charge in [0.05, 0.1) is 5.69 Å². The van der Waals surface area contributed by atoms with Gasteiger partial charge in [0.25, 0.3) is 0 Å². The number of aryl methyl sites for hydroxylation is 1. The first-order chi connectivity index (χ1) is 10.5. The molecule has 0 saturated heterocycles. The Labute approximate surface area is 128 Å². The highest BCUT2D eigenvalue weighted by Crippen LogP contribution is 2.40. The Morgan fingerprint density at radius 1 is 1.32 bits per heavy atom. The lowest BCUT2D eigenvalue weighted by molar-refractivity contribution is 0.0703. The van der Waals surface area contributed by atoms with Crippen LogP contribution in [0.2, 0.25) is 0 Å². The molecular formula is C16H11F2NO2S. The van der Waals surface area contributed by atoms with Gasteiger partial charge in [0, 0.05) is 27.4 Å². The molecule has 22 heavy (non-hydrogen) atoms. The summed E-state index contributed by atoms with van der Waals surface area (Å²) >= 11 is 0.937. The zero-order chi connectivity index (χ0) is 15.9. The summed E-state index contributed by atoms with van der Waals surface area (Å²) in [5.74, 6) is -2.15. The fourth-order valence-electron chi connectivity index (χ4n) is 2.42. The third-order valence-electron chi connectivity index (χ3n) is 3.41. The zero-order valence-electron chi connectivity index (χ0n) is 11.6. The fraction of sp³-hybridized carbons (Fsp3) is 0.125. The number of thiophene rings is 1. The van der Waals surface area contributed by atoms with Gasteiger partial charge < -0.3 is 5.11 Å². The highest BCUT2D eigenvalue weighted by Gasteiger charge is 2.23. The molecule has 0 amide bonds. The number of hydrogen-bond acceptors (Lipinski definition) is 3. The van der Waals surface area contributed by atoms with Crippen LogP contribution in [0.5, 0.6) is 0 Å². The molecule has 2 heterocycles. The van der Waals surface area contributed by atoms with Crippen molar-refractivity contribution in [2.75, 3.05) is 0 Å². The van der Waals surface area contributed by atoms with Gasteiger partial charge in [0.15, 0.2) is 5.82 Å². The van der Waals surface area contributed by atoms with Gasteiger partial charge in [-0.1, -0.05) is 6.92 Å². The van der Waals surface area contributed by atoms with Crippen LogP contribution in [0.3, 0.4) is 0 Å². The first kappa shape index (κ1) is 14.6. The van der Waals surface area contributed by atoms with Crippen molar-refractivity contribution in [2.24, 2.45) is 0 Å². The largest absolute Gasteiger partial charge is 0.477 e. The van der Waals surface area contributed by atoms with Gasteiger partial charge >= 0.3 is 5.97 Å². The van der Waals surface area contributed by atoms with Crippen molar-refractivity contribution in [3.63, 3.8) is 0 Å². The van der Waals surface area contributed by atoms with Crippen LogP contribution in [0.1, 0.15) is 22.3 Å². The summed E-state index contributed by atoms with van der Waals surface area (Å²) in [5, 5.41) is 9.92. The molecule has 0 bridgehead atoms. The van der Waals surface area contributed by atoms with E-state index < -0.39 is 17.6 Å². The van der Waals surface area contributed by atoms with Gasteiger partial charge in [-0.15, -0.1) is 11.3 Å². The van der Waals surface area contributed by atoms with Crippen LogP contribution in [-0.2, 0) is 6.42 Å². The number of rotatable bonds is 3. The normalized spacial score (nSPS) is 11.0. The van der Waals surface area contributed by atoms with Crippen LogP contribution in [0, 0.1) is 11.6 Å². The summed E-state index contributed by atoms with van der Waals surface area (Å²) in [5.41, 5.74) is 0.736. The number of fused-ring (bicyclic) bond motifs is 1. The average molecular weight is 319 g/mol. The van der Waals surface area contributed by atoms with Gasteiger partial charge in [-0.3, -0.25) is 4.98 Å². The lowest BCUT2D eigenvalue weighted by Gasteiger charge is -2.07. The molecule has 0 spiro atoms. The molecule has 3 nitrogen and oxygen atoms in total. The van der Waals surface area contributed by atoms with E-state index in [0.29, 0.717) is 16.5 Å². The molecule has 112 valence electrons. The van der Waals surface area contributed by atoms with E-state index in [4.69, 9.17) is 0 Å². The molecule has 0 aliphatic rings. The molecule has 3 aromatic rings. The predicted molar refractivity (Wildman–Crippen MR) is 81.3 cm³/mol. The molecule has 3 rings (SSSR count). The molecule has 6 heteroatoms. The SMILES string of the molecule is CCc1nccc(-c2c(C(=O)O)sc3cc(F)ccc23)c1F. The maximum atomic E-state index is 14.6. The van der Waals surface area contributed by atoms with Crippen LogP contribution in [-0.4, -0.2) is 16.1 Å². The smallest absolute Gasteiger partial charge is 0.346 e. The number of carboxylic acid groups (broad SMARTS) is 1. The molecule has 0 fully saturated rings. The second-order valence-corrected chi connectivity index (χ2v) is 5.78. The van der Waals surface area contributed by atoms with E-state index in [2.05, 4.69) is 4.98 Å². The summed E-state index contributed by atoms with van der Waals surface area (Å²) < 4.78 is 28.4. The number of carboxylic acids is 1. The Bertz CT molecular complexity index is 889. The van der Waals surface area contributed by atoms with E-state index in [1.54, 1.807) is 6.92 Å². The Hall–Kier alpha value is -2.34. The number of pyridine rings is 1. The van der Waals surface area contributed by atoms with Gasteiger partial charge in [-0.25, -0.2) is 13.6 Å². The first-order valence-corrected chi connectivity index (χ1v) is 7.43. The number of nitrogens with zero attached hydrogens (tertiary/aromatic N) is 1. The number of benzene rings is 1. The van der Waals surface area contributed by atoms with E-state index in [1.165, 1.54) is 30.5 Å². The molecule has 0 atom stereocenters. The third-order valence-corrected chi connectivity index (χ3v) is 4.55. The Kier molecular flexibility index (Phi) is 3.62. The van der Waals surface area contributed by atoms with E-state index in [9.17, 15) is 18.7 Å². The van der Waals surface area contributed by atoms with Crippen LogP contribution in [0.25, 0.3) is 21.2 Å². The minimum Gasteiger partial charge on any atom is -0.477 e. The molecular weight excluding hydrogens is 308 g/mol. The average Bonchev–Trinajstić information content (AvgIpc) is 2.86. The van der Waals surface area contributed by atoms with Crippen LogP contribution in [0.15, 0.2) is 30.5 Å². The van der Waals surface area contributed by atoms with E-state index in [0.717, 1.165) is 11.3 Å². The topological polar surface area (TPSA) is 50.2 Å². The van der Waals surface area contributed by atoms with Gasteiger partial charge in [0.1, 0.15) is 10.7 Å². The number of aromatic carboxylic acids is 1. The number of halogens is 2. The quantitative estimate of drug-likeness (QED) is 0.773. The van der Waals surface area contributed by atoms with Crippen molar-refractivity contribution in [2.45, 2.75) is 13.3 Å². The number of aromatic nitrogens is 1. The Morgan fingerprint density at radius 3 is 2.77 bits per heavy atom. The molecule has 2 aromatic heterocycles. The second kappa shape index (κ2) is 5.46. The molecule has 0 aliphatic heterocycles. The molecule has 0 unspecified atom stereocenters. The second-order valence-electron chi connectivity index (χ2n) is 4.72. The summed E-state index contributed by atoms with van der Waals surface area (Å²) in [6.45, 7) is 1.77. The summed E-state index contributed by atoms with van der Waals surface area (Å²) in [4.78, 5) is 15.4. The molecule has 0 saturated carbocycles. The summed E-state index contributed by atoms with van der Waals surface area (Å²) in [7, 11) is 0. The highest BCUT2D eigenvalue weighted by atomic mass is 32.1. The first-order valence-electron chi connectivity index (χ1n) is 6.62. The van der Waals surface area contributed by atoms with E-state index in [-0.39, 0.29) is 21.7 Å². The monoisotopic (exact) mass is 319 g/mol. The lowest BCUT2D eigenvalue weighted by Crippen LogP contribution is -1.99. The summed E-state index contributed by atoms with van der Waals surface area (Å²) in [6, 6.07) is 5.43. The molecule has 1 N–H and O–H groups in total. The molecule has 1 aromatic carbocycles. The van der Waals surface area contributed by atoms with Crippen molar-refractivity contribution < 1.29 is 18.7 Å². The predicted octanol–water partition coefficient (Wildman–Crippen LogP) is 4.50. The van der Waals surface area contributed by atoms with Crippen molar-refractivity contribution in [1.82, 2.24) is 4.98 Å². The van der Waals surface area contributed by atoms with Gasteiger partial charge in [0.2, 0.25) is 0 Å². The molecule has 0 aliphatic carbocycles. The van der Waals surface area contributed by atoms with E-state index in [1.807, 2.05) is 0 Å². The Morgan fingerprint density at radius 2 is 2.09 bits per heavy atom. The van der Waals surface area contributed by atoms with Gasteiger partial charge in [-0.05, 0) is 30.7 Å². The van der Waals surface area contributed by atoms with Crippen LogP contribution < -0.4 is 0 Å². The Balaban J connectivity index is 2.39. The van der Waals surface area contributed by atoms with Crippen LogP contribution in [0.4, 0.5) is 8.78 Å². The van der Waals surface area contributed by atoms with E-state index >= 15 is 0 Å². The zero-order valence-corrected chi connectivity index (χ0v) is 12.4. The number of carbonyl (C=O) groups is 1.